The standard InChI is InChI=1S/C18H21BrN4O4/c1-4-11-6-5-7-13(8-11)27-10-12(24)9-23-14-15(20-17(23)19)21(2)18(26)22(3)16(14)25/h5-8,12,24H,4,9-10H2,1-3H3. The van der Waals surface area contributed by atoms with Gasteiger partial charge >= 0.3 is 5.69 Å². The molecule has 0 saturated carbocycles. The van der Waals surface area contributed by atoms with Crippen LogP contribution in [0.25, 0.3) is 11.2 Å². The number of halogens is 1. The summed E-state index contributed by atoms with van der Waals surface area (Å²) < 4.78 is 9.91. The predicted molar refractivity (Wildman–Crippen MR) is 105 cm³/mol. The van der Waals surface area contributed by atoms with Crippen LogP contribution in [0.2, 0.25) is 0 Å². The molecule has 144 valence electrons. The van der Waals surface area contributed by atoms with Gasteiger partial charge < -0.3 is 14.4 Å². The highest BCUT2D eigenvalue weighted by Crippen LogP contribution is 2.18. The van der Waals surface area contributed by atoms with Crippen LogP contribution < -0.4 is 16.0 Å². The Hall–Kier alpha value is -2.39. The van der Waals surface area contributed by atoms with Gasteiger partial charge in [-0.2, -0.15) is 0 Å². The zero-order valence-electron chi connectivity index (χ0n) is 15.3. The molecular weight excluding hydrogens is 416 g/mol. The molecule has 1 atom stereocenters. The second kappa shape index (κ2) is 7.69. The van der Waals surface area contributed by atoms with E-state index in [0.717, 1.165) is 16.6 Å². The van der Waals surface area contributed by atoms with Crippen molar-refractivity contribution in [2.45, 2.75) is 26.0 Å². The highest BCUT2D eigenvalue weighted by Gasteiger charge is 2.20. The largest absolute Gasteiger partial charge is 0.491 e. The molecular formula is C18H21BrN4O4. The van der Waals surface area contributed by atoms with Gasteiger partial charge in [-0.1, -0.05) is 19.1 Å². The predicted octanol–water partition coefficient (Wildman–Crippen LogP) is 1.20. The first kappa shape index (κ1) is 19.4. The van der Waals surface area contributed by atoms with Gasteiger partial charge in [0, 0.05) is 14.1 Å². The van der Waals surface area contributed by atoms with Crippen molar-refractivity contribution < 1.29 is 9.84 Å². The fourth-order valence-electron chi connectivity index (χ4n) is 2.90. The molecule has 3 rings (SSSR count). The van der Waals surface area contributed by atoms with Gasteiger partial charge in [-0.3, -0.25) is 13.9 Å². The Morgan fingerprint density at radius 3 is 2.70 bits per heavy atom. The Bertz CT molecular complexity index is 1100. The van der Waals surface area contributed by atoms with Gasteiger partial charge in [0.15, 0.2) is 15.9 Å². The first-order chi connectivity index (χ1) is 12.8. The molecule has 27 heavy (non-hydrogen) atoms. The number of nitrogens with zero attached hydrogens (tertiary/aromatic N) is 4. The van der Waals surface area contributed by atoms with E-state index < -0.39 is 17.4 Å². The van der Waals surface area contributed by atoms with Crippen molar-refractivity contribution in [3.05, 3.63) is 55.4 Å². The van der Waals surface area contributed by atoms with Crippen LogP contribution in [-0.2, 0) is 27.1 Å². The maximum absolute atomic E-state index is 12.5. The lowest BCUT2D eigenvalue weighted by molar-refractivity contribution is 0.0928. The van der Waals surface area contributed by atoms with Gasteiger partial charge in [0.2, 0.25) is 0 Å². The number of ether oxygens (including phenoxy) is 1. The minimum atomic E-state index is -0.870. The number of hydrogen-bond acceptors (Lipinski definition) is 5. The van der Waals surface area contributed by atoms with Crippen molar-refractivity contribution in [2.75, 3.05) is 6.61 Å². The van der Waals surface area contributed by atoms with E-state index in [1.165, 1.54) is 11.6 Å². The third-order valence-electron chi connectivity index (χ3n) is 4.44. The minimum Gasteiger partial charge on any atom is -0.491 e. The quantitative estimate of drug-likeness (QED) is 0.586. The molecule has 0 aliphatic carbocycles. The molecule has 2 aromatic heterocycles. The fourth-order valence-corrected chi connectivity index (χ4v) is 3.39. The maximum atomic E-state index is 12.5. The van der Waals surface area contributed by atoms with E-state index >= 15 is 0 Å². The van der Waals surface area contributed by atoms with Crippen molar-refractivity contribution >= 4 is 27.1 Å². The summed E-state index contributed by atoms with van der Waals surface area (Å²) in [6.07, 6.45) is 0.0290. The molecule has 0 aliphatic rings. The number of hydrogen-bond donors (Lipinski definition) is 1. The highest BCUT2D eigenvalue weighted by molar-refractivity contribution is 9.10. The SMILES string of the molecule is CCc1cccc(OCC(O)Cn2c(Br)nc3c2c(=O)n(C)c(=O)n3C)c1. The Morgan fingerprint density at radius 2 is 2.00 bits per heavy atom. The third kappa shape index (κ3) is 3.70. The van der Waals surface area contributed by atoms with Crippen LogP contribution in [0.15, 0.2) is 38.6 Å². The summed E-state index contributed by atoms with van der Waals surface area (Å²) in [4.78, 5) is 28.8. The lowest BCUT2D eigenvalue weighted by Crippen LogP contribution is -2.38. The Labute approximate surface area is 163 Å². The van der Waals surface area contributed by atoms with E-state index in [2.05, 4.69) is 27.8 Å². The summed E-state index contributed by atoms with van der Waals surface area (Å²) in [6, 6.07) is 7.68. The van der Waals surface area contributed by atoms with Gasteiger partial charge in [0.25, 0.3) is 5.56 Å². The van der Waals surface area contributed by atoms with E-state index in [1.54, 1.807) is 11.6 Å². The summed E-state index contributed by atoms with van der Waals surface area (Å²) in [7, 11) is 2.96. The van der Waals surface area contributed by atoms with Crippen molar-refractivity contribution in [3.63, 3.8) is 0 Å². The molecule has 2 heterocycles. The zero-order valence-corrected chi connectivity index (χ0v) is 16.9. The number of imidazole rings is 1. The van der Waals surface area contributed by atoms with Crippen LogP contribution in [0.3, 0.4) is 0 Å². The number of aromatic nitrogens is 4. The molecule has 0 amide bonds. The lowest BCUT2D eigenvalue weighted by Gasteiger charge is -2.15. The van der Waals surface area contributed by atoms with Gasteiger partial charge in [-0.05, 0) is 40.0 Å². The van der Waals surface area contributed by atoms with Gasteiger partial charge in [0.05, 0.1) is 6.54 Å². The van der Waals surface area contributed by atoms with Crippen LogP contribution in [0, 0.1) is 0 Å². The van der Waals surface area contributed by atoms with E-state index in [1.807, 2.05) is 24.3 Å². The normalized spacial score (nSPS) is 12.5. The van der Waals surface area contributed by atoms with Crippen molar-refractivity contribution in [3.8, 4) is 5.75 Å². The van der Waals surface area contributed by atoms with E-state index in [-0.39, 0.29) is 24.3 Å². The van der Waals surface area contributed by atoms with Crippen LogP contribution in [0.4, 0.5) is 0 Å². The number of rotatable bonds is 6. The van der Waals surface area contributed by atoms with Crippen LogP contribution in [0.1, 0.15) is 12.5 Å². The molecule has 0 spiro atoms. The van der Waals surface area contributed by atoms with Crippen LogP contribution in [0.5, 0.6) is 5.75 Å². The number of aliphatic hydroxyl groups is 1. The van der Waals surface area contributed by atoms with E-state index in [9.17, 15) is 14.7 Å². The summed E-state index contributed by atoms with van der Waals surface area (Å²) in [6.45, 7) is 2.22. The average molecular weight is 437 g/mol. The number of aryl methyl sites for hydroxylation is 2. The smallest absolute Gasteiger partial charge is 0.332 e. The molecule has 0 aliphatic heterocycles. The van der Waals surface area contributed by atoms with E-state index in [0.29, 0.717) is 10.5 Å². The molecule has 3 aromatic rings. The summed E-state index contributed by atoms with van der Waals surface area (Å²) in [5.74, 6) is 0.682. The monoisotopic (exact) mass is 436 g/mol. The Balaban J connectivity index is 1.85. The molecule has 1 N–H and O–H groups in total. The molecule has 0 bridgehead atoms. The molecule has 1 unspecified atom stereocenters. The van der Waals surface area contributed by atoms with Crippen molar-refractivity contribution in [1.29, 1.82) is 0 Å². The number of benzene rings is 1. The van der Waals surface area contributed by atoms with Gasteiger partial charge in [0.1, 0.15) is 18.5 Å². The number of fused-ring (bicyclic) bond motifs is 1. The highest BCUT2D eigenvalue weighted by atomic mass is 79.9. The average Bonchev–Trinajstić information content (AvgIpc) is 2.99. The van der Waals surface area contributed by atoms with Gasteiger partial charge in [-0.15, -0.1) is 0 Å². The van der Waals surface area contributed by atoms with Crippen LogP contribution in [-0.4, -0.2) is 36.5 Å². The fraction of sp³-hybridized carbons (Fsp3) is 0.389. The Morgan fingerprint density at radius 1 is 1.26 bits per heavy atom. The maximum Gasteiger partial charge on any atom is 0.332 e. The van der Waals surface area contributed by atoms with Crippen molar-refractivity contribution in [1.82, 2.24) is 18.7 Å². The summed E-state index contributed by atoms with van der Waals surface area (Å²) in [5.41, 5.74) is 0.742. The molecule has 9 heteroatoms. The topological polar surface area (TPSA) is 91.3 Å². The van der Waals surface area contributed by atoms with Crippen molar-refractivity contribution in [2.24, 2.45) is 14.1 Å². The Kier molecular flexibility index (Phi) is 5.52. The molecule has 8 nitrogen and oxygen atoms in total. The van der Waals surface area contributed by atoms with E-state index in [4.69, 9.17) is 4.74 Å². The second-order valence-electron chi connectivity index (χ2n) is 6.34. The molecule has 1 aromatic carbocycles. The van der Waals surface area contributed by atoms with Gasteiger partial charge in [-0.25, -0.2) is 9.78 Å². The molecule has 0 radical (unpaired) electrons. The zero-order chi connectivity index (χ0) is 19.7. The molecule has 0 fully saturated rings. The second-order valence-corrected chi connectivity index (χ2v) is 7.04. The lowest BCUT2D eigenvalue weighted by atomic mass is 10.2. The third-order valence-corrected chi connectivity index (χ3v) is 5.05. The van der Waals surface area contributed by atoms with Crippen LogP contribution >= 0.6 is 15.9 Å². The summed E-state index contributed by atoms with van der Waals surface area (Å²) in [5, 5.41) is 10.4. The number of aliphatic hydroxyl groups excluding tert-OH is 1. The minimum absolute atomic E-state index is 0.0609. The summed E-state index contributed by atoms with van der Waals surface area (Å²) >= 11 is 3.31. The first-order valence-electron chi connectivity index (χ1n) is 8.55. The first-order valence-corrected chi connectivity index (χ1v) is 9.34. The molecule has 0 saturated heterocycles.